The molecule has 2 heterocycles. The van der Waals surface area contributed by atoms with E-state index in [4.69, 9.17) is 5.26 Å². The number of nitrogens with zero attached hydrogens (tertiary/aromatic N) is 3. The highest BCUT2D eigenvalue weighted by molar-refractivity contribution is 5.94. The highest BCUT2D eigenvalue weighted by Crippen LogP contribution is 2.24. The van der Waals surface area contributed by atoms with Crippen LogP contribution in [0.1, 0.15) is 21.6 Å². The van der Waals surface area contributed by atoms with Crippen LogP contribution in [0.4, 0.5) is 0 Å². The molecule has 0 unspecified atom stereocenters. The molecular weight excluding hydrogens is 286 g/mol. The van der Waals surface area contributed by atoms with Gasteiger partial charge in [0.2, 0.25) is 0 Å². The van der Waals surface area contributed by atoms with Crippen molar-refractivity contribution in [1.29, 1.82) is 5.26 Å². The molecule has 0 N–H and O–H groups in total. The van der Waals surface area contributed by atoms with Crippen LogP contribution in [-0.4, -0.2) is 21.9 Å². The average molecular weight is 301 g/mol. The van der Waals surface area contributed by atoms with Gasteiger partial charge in [0.25, 0.3) is 5.91 Å². The van der Waals surface area contributed by atoms with E-state index in [0.29, 0.717) is 24.2 Å². The van der Waals surface area contributed by atoms with Crippen LogP contribution in [-0.2, 0) is 13.1 Å². The zero-order chi connectivity index (χ0) is 15.8. The molecule has 0 bridgehead atoms. The monoisotopic (exact) mass is 301 g/mol. The lowest BCUT2D eigenvalue weighted by molar-refractivity contribution is 0.0712. The maximum Gasteiger partial charge on any atom is 0.254 e. The Hall–Kier alpha value is -3.06. The lowest BCUT2D eigenvalue weighted by Crippen LogP contribution is -2.38. The predicted octanol–water partition coefficient (Wildman–Crippen LogP) is 3.17. The Bertz CT molecular complexity index is 949. The molecule has 0 spiro atoms. The van der Waals surface area contributed by atoms with E-state index in [2.05, 4.69) is 28.8 Å². The minimum absolute atomic E-state index is 0.0152. The molecule has 1 aliphatic heterocycles. The third-order valence-corrected chi connectivity index (χ3v) is 4.37. The molecule has 0 fully saturated rings. The maximum absolute atomic E-state index is 12.7. The Morgan fingerprint density at radius 2 is 1.91 bits per heavy atom. The maximum atomic E-state index is 12.7. The number of nitriles is 1. The summed E-state index contributed by atoms with van der Waals surface area (Å²) in [6, 6.07) is 19.4. The molecule has 2 aromatic carbocycles. The number of amides is 1. The lowest BCUT2D eigenvalue weighted by atomic mass is 10.1. The topological polar surface area (TPSA) is 49.0 Å². The van der Waals surface area contributed by atoms with E-state index in [1.807, 2.05) is 17.0 Å². The van der Waals surface area contributed by atoms with Gasteiger partial charge < -0.3 is 9.47 Å². The van der Waals surface area contributed by atoms with Crippen LogP contribution >= 0.6 is 0 Å². The molecule has 0 radical (unpaired) electrons. The molecule has 4 nitrogen and oxygen atoms in total. The second-order valence-electron chi connectivity index (χ2n) is 5.77. The number of fused-ring (bicyclic) bond motifs is 3. The molecular formula is C19H15N3O. The quantitative estimate of drug-likeness (QED) is 0.693. The zero-order valence-electron chi connectivity index (χ0n) is 12.6. The summed E-state index contributed by atoms with van der Waals surface area (Å²) in [7, 11) is 0. The molecule has 0 saturated carbocycles. The average Bonchev–Trinajstić information content (AvgIpc) is 2.98. The molecule has 0 atom stereocenters. The van der Waals surface area contributed by atoms with Crippen molar-refractivity contribution in [2.24, 2.45) is 0 Å². The first-order valence-corrected chi connectivity index (χ1v) is 7.63. The molecule has 1 aromatic heterocycles. The van der Waals surface area contributed by atoms with Gasteiger partial charge in [0.05, 0.1) is 18.2 Å². The Morgan fingerprint density at radius 3 is 2.78 bits per heavy atom. The summed E-state index contributed by atoms with van der Waals surface area (Å²) in [6.07, 6.45) is 0. The minimum Gasteiger partial charge on any atom is -0.341 e. The summed E-state index contributed by atoms with van der Waals surface area (Å²) in [5.41, 5.74) is 3.47. The molecule has 4 heteroatoms. The van der Waals surface area contributed by atoms with Crippen LogP contribution in [0, 0.1) is 11.3 Å². The third kappa shape index (κ3) is 2.27. The van der Waals surface area contributed by atoms with E-state index in [9.17, 15) is 4.79 Å². The molecule has 1 aliphatic rings. The normalized spacial score (nSPS) is 13.6. The fourth-order valence-corrected chi connectivity index (χ4v) is 3.24. The van der Waals surface area contributed by atoms with Gasteiger partial charge in [-0.1, -0.05) is 24.3 Å². The summed E-state index contributed by atoms with van der Waals surface area (Å²) in [6.45, 7) is 2.08. The predicted molar refractivity (Wildman–Crippen MR) is 87.8 cm³/mol. The standard InChI is InChI=1S/C19H15N3O/c20-12-14-4-3-6-16(10-14)19(23)21-8-9-22-17(13-21)11-15-5-1-2-7-18(15)22/h1-7,10-11H,8-9,13H2. The van der Waals surface area contributed by atoms with Crippen LogP contribution in [0.25, 0.3) is 10.9 Å². The number of hydrogen-bond acceptors (Lipinski definition) is 2. The van der Waals surface area contributed by atoms with Crippen molar-refractivity contribution in [3.63, 3.8) is 0 Å². The van der Waals surface area contributed by atoms with Crippen molar-refractivity contribution >= 4 is 16.8 Å². The molecule has 0 saturated heterocycles. The van der Waals surface area contributed by atoms with Gasteiger partial charge in [0.15, 0.2) is 0 Å². The van der Waals surface area contributed by atoms with Gasteiger partial charge in [-0.2, -0.15) is 5.26 Å². The summed E-state index contributed by atoms with van der Waals surface area (Å²) < 4.78 is 2.28. The molecule has 112 valence electrons. The van der Waals surface area contributed by atoms with Crippen LogP contribution in [0.3, 0.4) is 0 Å². The SMILES string of the molecule is N#Cc1cccc(C(=O)N2CCn3c(cc4ccccc43)C2)c1. The van der Waals surface area contributed by atoms with Gasteiger partial charge in [-0.25, -0.2) is 0 Å². The zero-order valence-corrected chi connectivity index (χ0v) is 12.6. The third-order valence-electron chi connectivity index (χ3n) is 4.37. The first kappa shape index (κ1) is 13.6. The summed E-state index contributed by atoms with van der Waals surface area (Å²) in [5.74, 6) is -0.0152. The van der Waals surface area contributed by atoms with Gasteiger partial charge >= 0.3 is 0 Å². The van der Waals surface area contributed by atoms with Crippen LogP contribution in [0.15, 0.2) is 54.6 Å². The van der Waals surface area contributed by atoms with Crippen molar-refractivity contribution in [3.05, 3.63) is 71.4 Å². The molecule has 0 aliphatic carbocycles. The number of carbonyl (C=O) groups excluding carboxylic acids is 1. The van der Waals surface area contributed by atoms with E-state index >= 15 is 0 Å². The molecule has 1 amide bonds. The van der Waals surface area contributed by atoms with Crippen molar-refractivity contribution in [1.82, 2.24) is 9.47 Å². The number of para-hydroxylation sites is 1. The van der Waals surface area contributed by atoms with E-state index in [-0.39, 0.29) is 5.91 Å². The van der Waals surface area contributed by atoms with E-state index in [1.165, 1.54) is 10.9 Å². The first-order chi connectivity index (χ1) is 11.3. The van der Waals surface area contributed by atoms with Gasteiger partial charge in [0.1, 0.15) is 0 Å². The van der Waals surface area contributed by atoms with Crippen molar-refractivity contribution in [2.45, 2.75) is 13.1 Å². The van der Waals surface area contributed by atoms with Crippen LogP contribution < -0.4 is 0 Å². The van der Waals surface area contributed by atoms with Gasteiger partial charge in [0, 0.05) is 29.9 Å². The van der Waals surface area contributed by atoms with Gasteiger partial charge in [-0.3, -0.25) is 4.79 Å². The van der Waals surface area contributed by atoms with Gasteiger partial charge in [-0.15, -0.1) is 0 Å². The fourth-order valence-electron chi connectivity index (χ4n) is 3.24. The fraction of sp³-hybridized carbons (Fsp3) is 0.158. The van der Waals surface area contributed by atoms with Crippen molar-refractivity contribution in [3.8, 4) is 6.07 Å². The number of aromatic nitrogens is 1. The second kappa shape index (κ2) is 5.29. The highest BCUT2D eigenvalue weighted by atomic mass is 16.2. The Morgan fingerprint density at radius 1 is 1.04 bits per heavy atom. The Labute approximate surface area is 134 Å². The number of rotatable bonds is 1. The molecule has 3 aromatic rings. The van der Waals surface area contributed by atoms with E-state index in [1.54, 1.807) is 24.3 Å². The van der Waals surface area contributed by atoms with Crippen LogP contribution in [0.5, 0.6) is 0 Å². The Balaban J connectivity index is 1.65. The smallest absolute Gasteiger partial charge is 0.254 e. The lowest BCUT2D eigenvalue weighted by Gasteiger charge is -2.29. The number of hydrogen-bond donors (Lipinski definition) is 0. The van der Waals surface area contributed by atoms with Crippen molar-refractivity contribution in [2.75, 3.05) is 6.54 Å². The minimum atomic E-state index is -0.0152. The first-order valence-electron chi connectivity index (χ1n) is 7.63. The molecule has 4 rings (SSSR count). The van der Waals surface area contributed by atoms with Crippen molar-refractivity contribution < 1.29 is 4.79 Å². The summed E-state index contributed by atoms with van der Waals surface area (Å²) >= 11 is 0. The van der Waals surface area contributed by atoms with Crippen LogP contribution in [0.2, 0.25) is 0 Å². The van der Waals surface area contributed by atoms with E-state index in [0.717, 1.165) is 12.2 Å². The molecule has 23 heavy (non-hydrogen) atoms. The Kier molecular flexibility index (Phi) is 3.13. The van der Waals surface area contributed by atoms with E-state index < -0.39 is 0 Å². The number of benzene rings is 2. The summed E-state index contributed by atoms with van der Waals surface area (Å²) in [4.78, 5) is 14.6. The summed E-state index contributed by atoms with van der Waals surface area (Å²) in [5, 5.41) is 10.2. The second-order valence-corrected chi connectivity index (χ2v) is 5.77. The largest absolute Gasteiger partial charge is 0.341 e. The highest BCUT2D eigenvalue weighted by Gasteiger charge is 2.23. The number of carbonyl (C=O) groups is 1. The van der Waals surface area contributed by atoms with Gasteiger partial charge in [-0.05, 0) is 35.7 Å².